The molecule has 30 heavy (non-hydrogen) atoms. The maximum Gasteiger partial charge on any atom is 0.387 e. The number of nitrogens with one attached hydrogen (secondary N) is 2. The zero-order valence-electron chi connectivity index (χ0n) is 16.2. The molecule has 0 atom stereocenters. The number of carbonyl (C=O) groups excluding carboxylic acids is 1. The number of halogens is 2. The Hall–Kier alpha value is -3.43. The lowest BCUT2D eigenvalue weighted by Crippen LogP contribution is -2.25. The van der Waals surface area contributed by atoms with Gasteiger partial charge in [0.2, 0.25) is 0 Å². The van der Waals surface area contributed by atoms with Gasteiger partial charge in [-0.1, -0.05) is 6.07 Å². The van der Waals surface area contributed by atoms with Crippen LogP contribution in [0.25, 0.3) is 0 Å². The lowest BCUT2D eigenvalue weighted by molar-refractivity contribution is -0.384. The highest BCUT2D eigenvalue weighted by molar-refractivity contribution is 5.95. The highest BCUT2D eigenvalue weighted by Gasteiger charge is 2.25. The summed E-state index contributed by atoms with van der Waals surface area (Å²) < 4.78 is 34.2. The minimum absolute atomic E-state index is 0.0764. The van der Waals surface area contributed by atoms with E-state index in [1.165, 1.54) is 31.4 Å². The van der Waals surface area contributed by atoms with Gasteiger partial charge in [0.25, 0.3) is 11.6 Å². The van der Waals surface area contributed by atoms with Crippen molar-refractivity contribution in [1.29, 1.82) is 0 Å². The number of alkyl halides is 2. The van der Waals surface area contributed by atoms with E-state index in [-0.39, 0.29) is 35.3 Å². The predicted octanol–water partition coefficient (Wildman–Crippen LogP) is 3.75. The Morgan fingerprint density at radius 2 is 2.00 bits per heavy atom. The van der Waals surface area contributed by atoms with Crippen LogP contribution in [0.15, 0.2) is 36.4 Å². The first-order chi connectivity index (χ1) is 14.4. The van der Waals surface area contributed by atoms with Gasteiger partial charge in [0, 0.05) is 24.2 Å². The van der Waals surface area contributed by atoms with Crippen LogP contribution in [-0.2, 0) is 6.42 Å². The molecule has 1 saturated carbocycles. The van der Waals surface area contributed by atoms with E-state index in [1.54, 1.807) is 12.1 Å². The molecule has 0 aromatic heterocycles. The molecule has 2 N–H and O–H groups in total. The van der Waals surface area contributed by atoms with E-state index in [0.29, 0.717) is 12.1 Å². The van der Waals surface area contributed by atoms with Crippen molar-refractivity contribution in [2.24, 2.45) is 0 Å². The largest absolute Gasteiger partial charge is 0.493 e. The Labute approximate surface area is 171 Å². The average molecular weight is 421 g/mol. The fourth-order valence-corrected chi connectivity index (χ4v) is 2.88. The molecule has 10 heteroatoms. The van der Waals surface area contributed by atoms with E-state index < -0.39 is 17.4 Å². The number of amides is 1. The van der Waals surface area contributed by atoms with Crippen LogP contribution in [0.3, 0.4) is 0 Å². The molecular formula is C20H21F2N3O5. The van der Waals surface area contributed by atoms with Crippen molar-refractivity contribution in [1.82, 2.24) is 5.32 Å². The standard InChI is InChI=1S/C20H21F2N3O5/c1-29-18-10-12(2-7-17(18)30-20(21)22)8-9-23-19(26)13-3-6-15(24-14-4-5-14)16(11-13)25(27)28/h2-3,6-7,10-11,14,20,24H,4-5,8-9H2,1H3,(H,23,26). The molecule has 0 unspecified atom stereocenters. The van der Waals surface area contributed by atoms with Crippen LogP contribution in [0.5, 0.6) is 11.5 Å². The summed E-state index contributed by atoms with van der Waals surface area (Å²) in [6, 6.07) is 9.09. The molecule has 0 spiro atoms. The van der Waals surface area contributed by atoms with Gasteiger partial charge in [-0.2, -0.15) is 8.78 Å². The van der Waals surface area contributed by atoms with Crippen molar-refractivity contribution < 1.29 is 28.0 Å². The SMILES string of the molecule is COc1cc(CCNC(=O)c2ccc(NC3CC3)c([N+](=O)[O-])c2)ccc1OC(F)F. The lowest BCUT2D eigenvalue weighted by Gasteiger charge is -2.12. The molecule has 2 aromatic carbocycles. The quantitative estimate of drug-likeness (QED) is 0.447. The number of nitrogens with zero attached hydrogens (tertiary/aromatic N) is 1. The summed E-state index contributed by atoms with van der Waals surface area (Å²) in [5, 5.41) is 17.1. The third-order valence-electron chi connectivity index (χ3n) is 4.54. The Kier molecular flexibility index (Phi) is 6.65. The minimum Gasteiger partial charge on any atom is -0.493 e. The van der Waals surface area contributed by atoms with Gasteiger partial charge in [0.1, 0.15) is 5.69 Å². The Balaban J connectivity index is 1.60. The van der Waals surface area contributed by atoms with E-state index in [4.69, 9.17) is 4.74 Å². The molecule has 1 fully saturated rings. The van der Waals surface area contributed by atoms with Crippen molar-refractivity contribution in [3.8, 4) is 11.5 Å². The molecule has 3 rings (SSSR count). The fraction of sp³-hybridized carbons (Fsp3) is 0.350. The summed E-state index contributed by atoms with van der Waals surface area (Å²) >= 11 is 0. The Bertz CT molecular complexity index is 935. The van der Waals surface area contributed by atoms with Gasteiger partial charge in [-0.3, -0.25) is 14.9 Å². The summed E-state index contributed by atoms with van der Waals surface area (Å²) in [5.74, 6) is -0.360. The molecular weight excluding hydrogens is 400 g/mol. The monoisotopic (exact) mass is 421 g/mol. The first-order valence-electron chi connectivity index (χ1n) is 9.32. The second kappa shape index (κ2) is 9.38. The van der Waals surface area contributed by atoms with Gasteiger partial charge in [-0.25, -0.2) is 0 Å². The third-order valence-corrected chi connectivity index (χ3v) is 4.54. The zero-order valence-corrected chi connectivity index (χ0v) is 16.2. The second-order valence-electron chi connectivity index (χ2n) is 6.78. The summed E-state index contributed by atoms with van der Waals surface area (Å²) in [6.45, 7) is -2.72. The number of nitro benzene ring substituents is 1. The van der Waals surface area contributed by atoms with Crippen LogP contribution in [0.4, 0.5) is 20.2 Å². The highest BCUT2D eigenvalue weighted by Crippen LogP contribution is 2.32. The summed E-state index contributed by atoms with van der Waals surface area (Å²) in [5.41, 5.74) is 1.18. The number of nitro groups is 1. The molecule has 0 heterocycles. The van der Waals surface area contributed by atoms with Crippen LogP contribution < -0.4 is 20.1 Å². The molecule has 0 saturated heterocycles. The summed E-state index contributed by atoms with van der Waals surface area (Å²) in [7, 11) is 1.34. The zero-order chi connectivity index (χ0) is 21.7. The Morgan fingerprint density at radius 3 is 2.63 bits per heavy atom. The van der Waals surface area contributed by atoms with Gasteiger partial charge in [-0.05, 0) is 49.1 Å². The van der Waals surface area contributed by atoms with Gasteiger partial charge in [0.05, 0.1) is 12.0 Å². The molecule has 0 aliphatic heterocycles. The average Bonchev–Trinajstić information content (AvgIpc) is 3.52. The normalized spacial score (nSPS) is 13.1. The highest BCUT2D eigenvalue weighted by atomic mass is 19.3. The number of hydrogen-bond donors (Lipinski definition) is 2. The molecule has 0 radical (unpaired) electrons. The van der Waals surface area contributed by atoms with Crippen molar-refractivity contribution in [3.05, 3.63) is 57.6 Å². The molecule has 1 aliphatic rings. The van der Waals surface area contributed by atoms with Crippen molar-refractivity contribution in [2.45, 2.75) is 31.9 Å². The number of anilines is 1. The van der Waals surface area contributed by atoms with Crippen LogP contribution in [0, 0.1) is 10.1 Å². The second-order valence-corrected chi connectivity index (χ2v) is 6.78. The van der Waals surface area contributed by atoms with E-state index in [9.17, 15) is 23.7 Å². The van der Waals surface area contributed by atoms with Crippen LogP contribution in [-0.4, -0.2) is 37.1 Å². The third kappa shape index (κ3) is 5.56. The topological polar surface area (TPSA) is 103 Å². The van der Waals surface area contributed by atoms with Gasteiger partial charge < -0.3 is 20.1 Å². The van der Waals surface area contributed by atoms with E-state index in [0.717, 1.165) is 18.4 Å². The Morgan fingerprint density at radius 1 is 1.23 bits per heavy atom. The minimum atomic E-state index is -2.96. The van der Waals surface area contributed by atoms with Crippen LogP contribution in [0.2, 0.25) is 0 Å². The van der Waals surface area contributed by atoms with Crippen molar-refractivity contribution >= 4 is 17.3 Å². The summed E-state index contributed by atoms with van der Waals surface area (Å²) in [4.78, 5) is 23.2. The van der Waals surface area contributed by atoms with Gasteiger partial charge >= 0.3 is 6.61 Å². The van der Waals surface area contributed by atoms with Crippen LogP contribution in [0.1, 0.15) is 28.8 Å². The molecule has 1 amide bonds. The van der Waals surface area contributed by atoms with E-state index in [2.05, 4.69) is 15.4 Å². The van der Waals surface area contributed by atoms with E-state index >= 15 is 0 Å². The molecule has 1 aliphatic carbocycles. The van der Waals surface area contributed by atoms with Crippen molar-refractivity contribution in [3.63, 3.8) is 0 Å². The molecule has 8 nitrogen and oxygen atoms in total. The molecule has 0 bridgehead atoms. The maximum absolute atomic E-state index is 12.4. The van der Waals surface area contributed by atoms with Crippen LogP contribution >= 0.6 is 0 Å². The molecule has 160 valence electrons. The number of ether oxygens (including phenoxy) is 2. The van der Waals surface area contributed by atoms with Crippen molar-refractivity contribution in [2.75, 3.05) is 19.0 Å². The lowest BCUT2D eigenvalue weighted by atomic mass is 10.1. The number of rotatable bonds is 10. The van der Waals surface area contributed by atoms with E-state index in [1.807, 2.05) is 0 Å². The number of carbonyl (C=O) groups is 1. The predicted molar refractivity (Wildman–Crippen MR) is 105 cm³/mol. The number of benzene rings is 2. The molecule has 2 aromatic rings. The maximum atomic E-state index is 12.4. The van der Waals surface area contributed by atoms with Gasteiger partial charge in [-0.15, -0.1) is 0 Å². The smallest absolute Gasteiger partial charge is 0.387 e. The van der Waals surface area contributed by atoms with Gasteiger partial charge in [0.15, 0.2) is 11.5 Å². The number of methoxy groups -OCH3 is 1. The number of hydrogen-bond acceptors (Lipinski definition) is 6. The fourth-order valence-electron chi connectivity index (χ4n) is 2.88. The summed E-state index contributed by atoms with van der Waals surface area (Å²) in [6.07, 6.45) is 2.35. The first kappa shape index (κ1) is 21.3. The first-order valence-corrected chi connectivity index (χ1v) is 9.32.